The second-order valence-corrected chi connectivity index (χ2v) is 12.5. The Bertz CT molecular complexity index is 2330. The van der Waals surface area contributed by atoms with E-state index in [1.807, 2.05) is 0 Å². The van der Waals surface area contributed by atoms with Crippen molar-refractivity contribution in [2.75, 3.05) is 0 Å². The molecule has 0 unspecified atom stereocenters. The predicted octanol–water partition coefficient (Wildman–Crippen LogP) is 9.11. The second-order valence-electron chi connectivity index (χ2n) is 12.5. The molecule has 0 fully saturated rings. The normalized spacial score (nSPS) is 11.6. The van der Waals surface area contributed by atoms with Gasteiger partial charge in [-0.3, -0.25) is 0 Å². The standard InChI is InChI=1S/C43H34BN/c1-27-11-9-12-28(2)40(27)44(41-29(3)13-10-14-30(41)4)34-23-19-33(20-24-34)42-37-25-21-31-15-5-7-17-35(31)39(37)38-26-22-32-16-6-8-18-36(32)43(38)45-42/h5-26H,1-4H3. The lowest BCUT2D eigenvalue weighted by Crippen LogP contribution is -2.55. The van der Waals surface area contributed by atoms with Gasteiger partial charge in [0.15, 0.2) is 0 Å². The number of hydrogen-bond acceptors (Lipinski definition) is 1. The Morgan fingerprint density at radius 1 is 0.422 bits per heavy atom. The molecule has 0 radical (unpaired) electrons. The van der Waals surface area contributed by atoms with Crippen LogP contribution in [0.1, 0.15) is 22.3 Å². The molecule has 1 nitrogen and oxygen atoms in total. The van der Waals surface area contributed by atoms with Gasteiger partial charge in [-0.2, -0.15) is 0 Å². The Kier molecular flexibility index (Phi) is 6.53. The molecule has 45 heavy (non-hydrogen) atoms. The minimum atomic E-state index is 0.149. The largest absolute Gasteiger partial charge is 0.246 e. The summed E-state index contributed by atoms with van der Waals surface area (Å²) in [6.07, 6.45) is 0. The molecule has 0 atom stereocenters. The molecular weight excluding hydrogens is 541 g/mol. The molecule has 0 aliphatic rings. The van der Waals surface area contributed by atoms with E-state index in [-0.39, 0.29) is 6.71 Å². The van der Waals surface area contributed by atoms with Crippen molar-refractivity contribution < 1.29 is 0 Å². The Morgan fingerprint density at radius 2 is 0.933 bits per heavy atom. The van der Waals surface area contributed by atoms with E-state index in [9.17, 15) is 0 Å². The Balaban J connectivity index is 1.39. The van der Waals surface area contributed by atoms with Crippen LogP contribution in [0.2, 0.25) is 0 Å². The summed E-state index contributed by atoms with van der Waals surface area (Å²) in [5.74, 6) is 0. The van der Waals surface area contributed by atoms with Crippen LogP contribution in [0.25, 0.3) is 54.5 Å². The van der Waals surface area contributed by atoms with Gasteiger partial charge in [0, 0.05) is 27.1 Å². The van der Waals surface area contributed by atoms with Crippen LogP contribution in [0.15, 0.2) is 133 Å². The number of aromatic nitrogens is 1. The van der Waals surface area contributed by atoms with Crippen molar-refractivity contribution in [3.05, 3.63) is 156 Å². The van der Waals surface area contributed by atoms with E-state index in [4.69, 9.17) is 4.98 Å². The molecule has 0 amide bonds. The summed E-state index contributed by atoms with van der Waals surface area (Å²) >= 11 is 0. The molecule has 0 spiro atoms. The summed E-state index contributed by atoms with van der Waals surface area (Å²) in [5.41, 5.74) is 12.6. The van der Waals surface area contributed by atoms with Gasteiger partial charge in [0.05, 0.1) is 11.2 Å². The molecular formula is C43H34BN. The van der Waals surface area contributed by atoms with E-state index < -0.39 is 0 Å². The zero-order valence-electron chi connectivity index (χ0n) is 26.2. The fraction of sp³-hybridized carbons (Fsp3) is 0.0930. The Hall–Kier alpha value is -5.21. The molecule has 0 bridgehead atoms. The highest BCUT2D eigenvalue weighted by Gasteiger charge is 2.28. The number of nitrogens with zero attached hydrogens (tertiary/aromatic N) is 1. The number of rotatable bonds is 4. The fourth-order valence-corrected chi connectivity index (χ4v) is 7.60. The lowest BCUT2D eigenvalue weighted by atomic mass is 9.34. The maximum absolute atomic E-state index is 5.46. The third-order valence-corrected chi connectivity index (χ3v) is 9.76. The molecule has 0 aliphatic carbocycles. The van der Waals surface area contributed by atoms with E-state index in [1.165, 1.54) is 76.3 Å². The molecule has 0 saturated carbocycles. The van der Waals surface area contributed by atoms with Gasteiger partial charge in [-0.1, -0.05) is 172 Å². The molecule has 2 heteroatoms. The van der Waals surface area contributed by atoms with Crippen LogP contribution >= 0.6 is 0 Å². The van der Waals surface area contributed by atoms with Gasteiger partial charge >= 0.3 is 0 Å². The van der Waals surface area contributed by atoms with E-state index in [0.29, 0.717) is 0 Å². The van der Waals surface area contributed by atoms with Crippen molar-refractivity contribution in [2.24, 2.45) is 0 Å². The van der Waals surface area contributed by atoms with Crippen molar-refractivity contribution in [3.63, 3.8) is 0 Å². The first kappa shape index (κ1) is 27.4. The highest BCUT2D eigenvalue weighted by molar-refractivity contribution is 6.96. The summed E-state index contributed by atoms with van der Waals surface area (Å²) in [5, 5.41) is 8.57. The van der Waals surface area contributed by atoms with Crippen molar-refractivity contribution in [1.29, 1.82) is 0 Å². The summed E-state index contributed by atoms with van der Waals surface area (Å²) in [4.78, 5) is 5.46. The lowest BCUT2D eigenvalue weighted by molar-refractivity contribution is 1.40. The van der Waals surface area contributed by atoms with Crippen LogP contribution in [0.5, 0.6) is 0 Å². The average Bonchev–Trinajstić information content (AvgIpc) is 3.06. The van der Waals surface area contributed by atoms with E-state index in [0.717, 1.165) is 16.8 Å². The van der Waals surface area contributed by atoms with Gasteiger partial charge in [-0.15, -0.1) is 0 Å². The van der Waals surface area contributed by atoms with Gasteiger partial charge in [0.25, 0.3) is 0 Å². The van der Waals surface area contributed by atoms with Gasteiger partial charge < -0.3 is 0 Å². The number of pyridine rings is 1. The average molecular weight is 576 g/mol. The minimum Gasteiger partial charge on any atom is -0.246 e. The zero-order chi connectivity index (χ0) is 30.7. The molecule has 0 saturated heterocycles. The quantitative estimate of drug-likeness (QED) is 0.151. The monoisotopic (exact) mass is 575 g/mol. The first-order valence-electron chi connectivity index (χ1n) is 15.8. The van der Waals surface area contributed by atoms with Gasteiger partial charge in [-0.05, 0) is 43.9 Å². The van der Waals surface area contributed by atoms with Gasteiger partial charge in [0.1, 0.15) is 0 Å². The molecule has 7 aromatic carbocycles. The van der Waals surface area contributed by atoms with Gasteiger partial charge in [0.2, 0.25) is 6.71 Å². The summed E-state index contributed by atoms with van der Waals surface area (Å²) in [6.45, 7) is 9.14. The Labute approximate surface area is 265 Å². The van der Waals surface area contributed by atoms with Gasteiger partial charge in [-0.25, -0.2) is 4.98 Å². The summed E-state index contributed by atoms with van der Waals surface area (Å²) < 4.78 is 0. The minimum absolute atomic E-state index is 0.149. The summed E-state index contributed by atoms with van der Waals surface area (Å²) in [7, 11) is 0. The van der Waals surface area contributed by atoms with Crippen molar-refractivity contribution in [1.82, 2.24) is 4.98 Å². The number of hydrogen-bond donors (Lipinski definition) is 0. The molecule has 8 rings (SSSR count). The van der Waals surface area contributed by atoms with E-state index in [2.05, 4.69) is 161 Å². The first-order chi connectivity index (χ1) is 22.0. The van der Waals surface area contributed by atoms with Crippen LogP contribution in [0, 0.1) is 27.7 Å². The third kappa shape index (κ3) is 4.44. The van der Waals surface area contributed by atoms with E-state index in [1.54, 1.807) is 0 Å². The van der Waals surface area contributed by atoms with Crippen LogP contribution < -0.4 is 16.4 Å². The second kappa shape index (κ2) is 10.8. The molecule has 0 aliphatic heterocycles. The highest BCUT2D eigenvalue weighted by atomic mass is 14.7. The maximum atomic E-state index is 5.46. The first-order valence-corrected chi connectivity index (χ1v) is 15.8. The number of fused-ring (bicyclic) bond motifs is 7. The lowest BCUT2D eigenvalue weighted by Gasteiger charge is -2.24. The molecule has 0 N–H and O–H groups in total. The van der Waals surface area contributed by atoms with Crippen molar-refractivity contribution in [3.8, 4) is 11.3 Å². The van der Waals surface area contributed by atoms with Crippen molar-refractivity contribution >= 4 is 66.3 Å². The predicted molar refractivity (Wildman–Crippen MR) is 196 cm³/mol. The fourth-order valence-electron chi connectivity index (χ4n) is 7.60. The number of benzene rings is 7. The molecule has 1 aromatic heterocycles. The summed E-state index contributed by atoms with van der Waals surface area (Å²) in [6, 6.07) is 48.9. The maximum Gasteiger partial charge on any atom is 0.242 e. The topological polar surface area (TPSA) is 12.9 Å². The third-order valence-electron chi connectivity index (χ3n) is 9.76. The Morgan fingerprint density at radius 3 is 1.53 bits per heavy atom. The van der Waals surface area contributed by atoms with Crippen LogP contribution in [-0.4, -0.2) is 11.7 Å². The highest BCUT2D eigenvalue weighted by Crippen LogP contribution is 2.39. The SMILES string of the molecule is Cc1cccc(C)c1B(c1ccc(-c2nc3c4ccccc4ccc3c3c2ccc2ccccc23)cc1)c1c(C)cccc1C. The number of aryl methyl sites for hydroxylation is 4. The van der Waals surface area contributed by atoms with Crippen LogP contribution in [-0.2, 0) is 0 Å². The van der Waals surface area contributed by atoms with Crippen LogP contribution in [0.4, 0.5) is 0 Å². The molecule has 8 aromatic rings. The zero-order valence-corrected chi connectivity index (χ0v) is 26.2. The van der Waals surface area contributed by atoms with Crippen LogP contribution in [0.3, 0.4) is 0 Å². The van der Waals surface area contributed by atoms with Crippen molar-refractivity contribution in [2.45, 2.75) is 27.7 Å². The molecule has 1 heterocycles. The smallest absolute Gasteiger partial charge is 0.242 e. The molecule has 214 valence electrons. The van der Waals surface area contributed by atoms with E-state index >= 15 is 0 Å².